The Balaban J connectivity index is 1.57. The zero-order valence-electron chi connectivity index (χ0n) is 12.0. The van der Waals surface area contributed by atoms with Crippen LogP contribution in [0.5, 0.6) is 0 Å². The Labute approximate surface area is 112 Å². The number of piperidine rings is 1. The van der Waals surface area contributed by atoms with Gasteiger partial charge in [0, 0.05) is 13.2 Å². The molecule has 0 spiro atoms. The molecule has 18 heavy (non-hydrogen) atoms. The summed E-state index contributed by atoms with van der Waals surface area (Å²) < 4.78 is 5.73. The SMILES string of the molecule is CCN(CCCC1CCCNC1)CC1CCCO1. The van der Waals surface area contributed by atoms with Gasteiger partial charge >= 0.3 is 0 Å². The molecule has 2 fully saturated rings. The molecule has 106 valence electrons. The molecule has 2 heterocycles. The second-order valence-corrected chi connectivity index (χ2v) is 5.88. The Morgan fingerprint density at radius 3 is 2.89 bits per heavy atom. The van der Waals surface area contributed by atoms with E-state index in [4.69, 9.17) is 4.74 Å². The topological polar surface area (TPSA) is 24.5 Å². The average Bonchev–Trinajstić information content (AvgIpc) is 2.92. The highest BCUT2D eigenvalue weighted by Crippen LogP contribution is 2.17. The molecular formula is C15H30N2O. The first-order valence-corrected chi connectivity index (χ1v) is 7.93. The molecule has 0 aliphatic carbocycles. The van der Waals surface area contributed by atoms with Gasteiger partial charge in [0.05, 0.1) is 6.10 Å². The largest absolute Gasteiger partial charge is 0.377 e. The normalized spacial score (nSPS) is 29.0. The van der Waals surface area contributed by atoms with Gasteiger partial charge in [-0.15, -0.1) is 0 Å². The molecule has 0 aromatic carbocycles. The first-order valence-electron chi connectivity index (χ1n) is 7.93. The molecule has 0 saturated carbocycles. The van der Waals surface area contributed by atoms with E-state index in [-0.39, 0.29) is 0 Å². The fraction of sp³-hybridized carbons (Fsp3) is 1.00. The van der Waals surface area contributed by atoms with E-state index < -0.39 is 0 Å². The number of ether oxygens (including phenoxy) is 1. The molecule has 0 amide bonds. The standard InChI is InChI=1S/C15H30N2O/c1-2-17(13-15-8-5-11-18-15)10-4-7-14-6-3-9-16-12-14/h14-16H,2-13H2,1H3. The zero-order valence-corrected chi connectivity index (χ0v) is 12.0. The van der Waals surface area contributed by atoms with Crippen LogP contribution in [0.2, 0.25) is 0 Å². The van der Waals surface area contributed by atoms with Gasteiger partial charge in [0.25, 0.3) is 0 Å². The summed E-state index contributed by atoms with van der Waals surface area (Å²) in [5, 5.41) is 3.51. The lowest BCUT2D eigenvalue weighted by atomic mass is 9.94. The van der Waals surface area contributed by atoms with Gasteiger partial charge in [0.15, 0.2) is 0 Å². The molecule has 2 aliphatic rings. The molecule has 2 rings (SSSR count). The maximum atomic E-state index is 5.73. The van der Waals surface area contributed by atoms with Gasteiger partial charge in [-0.05, 0) is 70.6 Å². The third-order valence-corrected chi connectivity index (χ3v) is 4.42. The molecule has 0 aromatic rings. The minimum atomic E-state index is 0.515. The predicted octanol–water partition coefficient (Wildman–Crippen LogP) is 2.27. The maximum absolute atomic E-state index is 5.73. The van der Waals surface area contributed by atoms with Gasteiger partial charge in [0.1, 0.15) is 0 Å². The van der Waals surface area contributed by atoms with Gasteiger partial charge < -0.3 is 15.0 Å². The van der Waals surface area contributed by atoms with Crippen LogP contribution in [0.25, 0.3) is 0 Å². The third kappa shape index (κ3) is 4.87. The molecular weight excluding hydrogens is 224 g/mol. The molecule has 2 atom stereocenters. The monoisotopic (exact) mass is 254 g/mol. The van der Waals surface area contributed by atoms with E-state index in [1.807, 2.05) is 0 Å². The van der Waals surface area contributed by atoms with Crippen LogP contribution in [-0.2, 0) is 4.74 Å². The van der Waals surface area contributed by atoms with Gasteiger partial charge in [-0.3, -0.25) is 0 Å². The lowest BCUT2D eigenvalue weighted by Crippen LogP contribution is -2.34. The van der Waals surface area contributed by atoms with Crippen LogP contribution in [0.15, 0.2) is 0 Å². The highest BCUT2D eigenvalue weighted by molar-refractivity contribution is 4.72. The summed E-state index contributed by atoms with van der Waals surface area (Å²) in [6.45, 7) is 9.32. The lowest BCUT2D eigenvalue weighted by Gasteiger charge is -2.26. The van der Waals surface area contributed by atoms with Gasteiger partial charge in [-0.2, -0.15) is 0 Å². The summed E-state index contributed by atoms with van der Waals surface area (Å²) in [5.74, 6) is 0.931. The van der Waals surface area contributed by atoms with Crippen molar-refractivity contribution in [2.24, 2.45) is 5.92 Å². The summed E-state index contributed by atoms with van der Waals surface area (Å²) in [6.07, 6.45) is 8.60. The van der Waals surface area contributed by atoms with Crippen molar-refractivity contribution in [1.29, 1.82) is 0 Å². The van der Waals surface area contributed by atoms with Crippen molar-refractivity contribution in [3.05, 3.63) is 0 Å². The summed E-state index contributed by atoms with van der Waals surface area (Å²) >= 11 is 0. The number of nitrogens with one attached hydrogen (secondary N) is 1. The lowest BCUT2D eigenvalue weighted by molar-refractivity contribution is 0.0737. The average molecular weight is 254 g/mol. The van der Waals surface area contributed by atoms with Crippen LogP contribution in [0.3, 0.4) is 0 Å². The van der Waals surface area contributed by atoms with E-state index in [0.717, 1.165) is 19.1 Å². The Kier molecular flexibility index (Phi) is 6.46. The van der Waals surface area contributed by atoms with Gasteiger partial charge in [-0.1, -0.05) is 6.92 Å². The number of rotatable bonds is 7. The Bertz CT molecular complexity index is 211. The number of nitrogens with zero attached hydrogens (tertiary/aromatic N) is 1. The molecule has 0 bridgehead atoms. The molecule has 2 saturated heterocycles. The van der Waals surface area contributed by atoms with Crippen molar-refractivity contribution < 1.29 is 4.74 Å². The van der Waals surface area contributed by atoms with Gasteiger partial charge in [-0.25, -0.2) is 0 Å². The smallest absolute Gasteiger partial charge is 0.0702 e. The first-order chi connectivity index (χ1) is 8.88. The van der Waals surface area contributed by atoms with E-state index in [1.165, 1.54) is 64.7 Å². The molecule has 2 aliphatic heterocycles. The van der Waals surface area contributed by atoms with Crippen LogP contribution in [0, 0.1) is 5.92 Å². The van der Waals surface area contributed by atoms with Crippen molar-refractivity contribution in [3.63, 3.8) is 0 Å². The highest BCUT2D eigenvalue weighted by Gasteiger charge is 2.18. The molecule has 2 unspecified atom stereocenters. The second-order valence-electron chi connectivity index (χ2n) is 5.88. The van der Waals surface area contributed by atoms with Crippen LogP contribution < -0.4 is 5.32 Å². The molecule has 1 N–H and O–H groups in total. The second kappa shape index (κ2) is 8.13. The maximum Gasteiger partial charge on any atom is 0.0702 e. The zero-order chi connectivity index (χ0) is 12.6. The Morgan fingerprint density at radius 1 is 1.28 bits per heavy atom. The summed E-state index contributed by atoms with van der Waals surface area (Å²) in [7, 11) is 0. The van der Waals surface area contributed by atoms with Crippen LogP contribution in [0.4, 0.5) is 0 Å². The fourth-order valence-electron chi connectivity index (χ4n) is 3.23. The van der Waals surface area contributed by atoms with E-state index in [2.05, 4.69) is 17.1 Å². The van der Waals surface area contributed by atoms with E-state index in [1.54, 1.807) is 0 Å². The molecule has 0 radical (unpaired) electrons. The van der Waals surface area contributed by atoms with Crippen molar-refractivity contribution in [3.8, 4) is 0 Å². The van der Waals surface area contributed by atoms with E-state index in [0.29, 0.717) is 6.10 Å². The quantitative estimate of drug-likeness (QED) is 0.754. The summed E-state index contributed by atoms with van der Waals surface area (Å²) in [4.78, 5) is 2.58. The summed E-state index contributed by atoms with van der Waals surface area (Å²) in [5.41, 5.74) is 0. The van der Waals surface area contributed by atoms with Crippen molar-refractivity contribution in [1.82, 2.24) is 10.2 Å². The molecule has 3 heteroatoms. The molecule has 3 nitrogen and oxygen atoms in total. The van der Waals surface area contributed by atoms with E-state index in [9.17, 15) is 0 Å². The third-order valence-electron chi connectivity index (χ3n) is 4.42. The minimum Gasteiger partial charge on any atom is -0.377 e. The Morgan fingerprint density at radius 2 is 2.22 bits per heavy atom. The first kappa shape index (κ1) is 14.3. The van der Waals surface area contributed by atoms with Crippen LogP contribution in [0.1, 0.15) is 45.4 Å². The van der Waals surface area contributed by atoms with Gasteiger partial charge in [0.2, 0.25) is 0 Å². The van der Waals surface area contributed by atoms with Crippen LogP contribution >= 0.6 is 0 Å². The number of hydrogen-bond acceptors (Lipinski definition) is 3. The van der Waals surface area contributed by atoms with E-state index >= 15 is 0 Å². The molecule has 0 aromatic heterocycles. The number of likely N-dealkylation sites (N-methyl/N-ethyl adjacent to an activating group) is 1. The number of hydrogen-bond donors (Lipinski definition) is 1. The highest BCUT2D eigenvalue weighted by atomic mass is 16.5. The fourth-order valence-corrected chi connectivity index (χ4v) is 3.23. The predicted molar refractivity (Wildman–Crippen MR) is 75.9 cm³/mol. The summed E-state index contributed by atoms with van der Waals surface area (Å²) in [6, 6.07) is 0. The van der Waals surface area contributed by atoms with Crippen molar-refractivity contribution in [2.75, 3.05) is 39.3 Å². The van der Waals surface area contributed by atoms with Crippen molar-refractivity contribution >= 4 is 0 Å². The van der Waals surface area contributed by atoms with Crippen LogP contribution in [-0.4, -0.2) is 50.3 Å². The minimum absolute atomic E-state index is 0.515. The van der Waals surface area contributed by atoms with Crippen molar-refractivity contribution in [2.45, 2.75) is 51.6 Å². The Hall–Kier alpha value is -0.120.